The lowest BCUT2D eigenvalue weighted by molar-refractivity contribution is -0.0828. The Balaban J connectivity index is 0.00000300. The first-order valence-corrected chi connectivity index (χ1v) is 9.96. The summed E-state index contributed by atoms with van der Waals surface area (Å²) in [5.41, 5.74) is 0.972. The number of nitrogens with zero attached hydrogens (tertiary/aromatic N) is 1. The third kappa shape index (κ3) is 7.31. The summed E-state index contributed by atoms with van der Waals surface area (Å²) in [5, 5.41) is 6.95. The molecular weight excluding hydrogens is 481 g/mol. The first kappa shape index (κ1) is 23.7. The van der Waals surface area contributed by atoms with Gasteiger partial charge in [-0.2, -0.15) is 0 Å². The van der Waals surface area contributed by atoms with Gasteiger partial charge in [-0.15, -0.1) is 24.0 Å². The van der Waals surface area contributed by atoms with E-state index in [4.69, 9.17) is 18.9 Å². The monoisotopic (exact) mass is 513 g/mol. The third-order valence-electron chi connectivity index (χ3n) is 5.26. The number of ether oxygens (including phenoxy) is 2. The molecule has 0 spiro atoms. The SMILES string of the molecule is COC1(CN=C(NCCc2ccco2)NC(C)c2ccccc2)CCOCC1.I. The molecule has 1 saturated heterocycles. The number of nitrogens with one attached hydrogen (secondary N) is 2. The van der Waals surface area contributed by atoms with E-state index in [2.05, 4.69) is 41.8 Å². The van der Waals surface area contributed by atoms with Gasteiger partial charge in [-0.3, -0.25) is 4.99 Å². The minimum atomic E-state index is -0.246. The minimum Gasteiger partial charge on any atom is -0.469 e. The molecular formula is C22H32IN3O3. The van der Waals surface area contributed by atoms with Crippen LogP contribution in [0.15, 0.2) is 58.1 Å². The van der Waals surface area contributed by atoms with Gasteiger partial charge in [0, 0.05) is 46.1 Å². The van der Waals surface area contributed by atoms with Crippen molar-refractivity contribution in [1.82, 2.24) is 10.6 Å². The maximum atomic E-state index is 5.82. The molecule has 6 nitrogen and oxygen atoms in total. The molecule has 1 aliphatic heterocycles. The minimum absolute atomic E-state index is 0. The molecule has 1 aromatic carbocycles. The summed E-state index contributed by atoms with van der Waals surface area (Å²) in [5.74, 6) is 1.74. The van der Waals surface area contributed by atoms with Crippen molar-refractivity contribution in [3.63, 3.8) is 0 Å². The molecule has 1 aromatic heterocycles. The number of benzene rings is 1. The maximum Gasteiger partial charge on any atom is 0.191 e. The van der Waals surface area contributed by atoms with Crippen molar-refractivity contribution >= 4 is 29.9 Å². The van der Waals surface area contributed by atoms with Gasteiger partial charge >= 0.3 is 0 Å². The summed E-state index contributed by atoms with van der Waals surface area (Å²) in [4.78, 5) is 4.86. The van der Waals surface area contributed by atoms with Gasteiger partial charge in [0.05, 0.1) is 24.5 Å². The Hall–Kier alpha value is -1.58. The Morgan fingerprint density at radius 2 is 1.93 bits per heavy atom. The van der Waals surface area contributed by atoms with Crippen LogP contribution in [0.2, 0.25) is 0 Å². The van der Waals surface area contributed by atoms with E-state index < -0.39 is 0 Å². The van der Waals surface area contributed by atoms with Crippen molar-refractivity contribution in [3.8, 4) is 0 Å². The summed E-state index contributed by atoms with van der Waals surface area (Å²) in [6.07, 6.45) is 4.23. The van der Waals surface area contributed by atoms with Crippen LogP contribution >= 0.6 is 24.0 Å². The fourth-order valence-electron chi connectivity index (χ4n) is 3.33. The van der Waals surface area contributed by atoms with E-state index in [0.29, 0.717) is 6.54 Å². The van der Waals surface area contributed by atoms with Crippen LogP contribution in [0.4, 0.5) is 0 Å². The molecule has 2 heterocycles. The van der Waals surface area contributed by atoms with E-state index >= 15 is 0 Å². The molecule has 0 amide bonds. The smallest absolute Gasteiger partial charge is 0.191 e. The highest BCUT2D eigenvalue weighted by Crippen LogP contribution is 2.24. The van der Waals surface area contributed by atoms with Crippen molar-refractivity contribution in [2.75, 3.05) is 33.4 Å². The van der Waals surface area contributed by atoms with Crippen molar-refractivity contribution in [1.29, 1.82) is 0 Å². The number of halogens is 1. The highest BCUT2D eigenvalue weighted by molar-refractivity contribution is 14.0. The molecule has 1 unspecified atom stereocenters. The fourth-order valence-corrected chi connectivity index (χ4v) is 3.33. The molecule has 2 N–H and O–H groups in total. The van der Waals surface area contributed by atoms with E-state index in [0.717, 1.165) is 50.7 Å². The van der Waals surface area contributed by atoms with Crippen LogP contribution in [0.1, 0.15) is 37.1 Å². The molecule has 7 heteroatoms. The highest BCUT2D eigenvalue weighted by Gasteiger charge is 2.32. The molecule has 0 bridgehead atoms. The number of guanidine groups is 1. The van der Waals surface area contributed by atoms with Crippen molar-refractivity contribution in [2.24, 2.45) is 4.99 Å². The Morgan fingerprint density at radius 3 is 2.59 bits per heavy atom. The van der Waals surface area contributed by atoms with Crippen LogP contribution < -0.4 is 10.6 Å². The number of furan rings is 1. The van der Waals surface area contributed by atoms with Crippen molar-refractivity contribution in [3.05, 3.63) is 60.1 Å². The molecule has 29 heavy (non-hydrogen) atoms. The van der Waals surface area contributed by atoms with E-state index in [-0.39, 0.29) is 35.6 Å². The molecule has 2 aromatic rings. The topological polar surface area (TPSA) is 68.0 Å². The Kier molecular flexibility index (Phi) is 9.96. The second-order valence-corrected chi connectivity index (χ2v) is 7.20. The highest BCUT2D eigenvalue weighted by atomic mass is 127. The first-order valence-electron chi connectivity index (χ1n) is 9.96. The van der Waals surface area contributed by atoms with Gasteiger partial charge in [-0.1, -0.05) is 30.3 Å². The molecule has 0 radical (unpaired) electrons. The van der Waals surface area contributed by atoms with Gasteiger partial charge in [0.2, 0.25) is 0 Å². The zero-order valence-electron chi connectivity index (χ0n) is 17.2. The molecule has 1 aliphatic rings. The van der Waals surface area contributed by atoms with E-state index in [1.165, 1.54) is 5.56 Å². The molecule has 3 rings (SSSR count). The van der Waals surface area contributed by atoms with Gasteiger partial charge in [0.1, 0.15) is 5.76 Å². The average molecular weight is 513 g/mol. The van der Waals surface area contributed by atoms with Crippen LogP contribution in [0, 0.1) is 0 Å². The zero-order chi connectivity index (χ0) is 19.7. The summed E-state index contributed by atoms with van der Waals surface area (Å²) in [6, 6.07) is 14.4. The lowest BCUT2D eigenvalue weighted by Gasteiger charge is -2.34. The standard InChI is InChI=1S/C22H31N3O3.HI/c1-18(19-7-4-3-5-8-19)25-21(23-13-10-20-9-6-14-28-20)24-17-22(26-2)11-15-27-16-12-22;/h3-9,14,18H,10-13,15-17H2,1-2H3,(H2,23,24,25);1H. The van der Waals surface area contributed by atoms with Gasteiger partial charge in [-0.25, -0.2) is 0 Å². The van der Waals surface area contributed by atoms with Crippen LogP contribution in [-0.4, -0.2) is 45.0 Å². The Labute approximate surface area is 190 Å². The van der Waals surface area contributed by atoms with E-state index in [1.54, 1.807) is 13.4 Å². The van der Waals surface area contributed by atoms with Gasteiger partial charge in [-0.05, 0) is 24.6 Å². The normalized spacial score (nSPS) is 17.2. The average Bonchev–Trinajstić information content (AvgIpc) is 3.26. The lowest BCUT2D eigenvalue weighted by atomic mass is 9.94. The summed E-state index contributed by atoms with van der Waals surface area (Å²) < 4.78 is 16.7. The Morgan fingerprint density at radius 1 is 1.17 bits per heavy atom. The van der Waals surface area contributed by atoms with Gasteiger partial charge in [0.15, 0.2) is 5.96 Å². The van der Waals surface area contributed by atoms with Crippen LogP contribution in [-0.2, 0) is 15.9 Å². The third-order valence-corrected chi connectivity index (χ3v) is 5.26. The second kappa shape index (κ2) is 12.2. The second-order valence-electron chi connectivity index (χ2n) is 7.20. The fraction of sp³-hybridized carbons (Fsp3) is 0.500. The number of rotatable bonds is 8. The molecule has 0 aliphatic carbocycles. The van der Waals surface area contributed by atoms with Crippen LogP contribution in [0.3, 0.4) is 0 Å². The van der Waals surface area contributed by atoms with E-state index in [9.17, 15) is 0 Å². The number of hydrogen-bond donors (Lipinski definition) is 2. The predicted molar refractivity (Wildman–Crippen MR) is 126 cm³/mol. The Bertz CT molecular complexity index is 716. The van der Waals surface area contributed by atoms with Crippen molar-refractivity contribution < 1.29 is 13.9 Å². The molecule has 1 fully saturated rings. The van der Waals surface area contributed by atoms with Gasteiger partial charge in [0.25, 0.3) is 0 Å². The molecule has 1 atom stereocenters. The van der Waals surface area contributed by atoms with Crippen molar-refractivity contribution in [2.45, 2.75) is 37.8 Å². The largest absolute Gasteiger partial charge is 0.469 e. The van der Waals surface area contributed by atoms with Gasteiger partial charge < -0.3 is 24.5 Å². The number of aliphatic imine (C=N–C) groups is 1. The van der Waals surface area contributed by atoms with Crippen LogP contribution in [0.5, 0.6) is 0 Å². The van der Waals surface area contributed by atoms with E-state index in [1.807, 2.05) is 18.2 Å². The molecule has 160 valence electrons. The summed E-state index contributed by atoms with van der Waals surface area (Å²) in [6.45, 7) is 4.92. The maximum absolute atomic E-state index is 5.82. The quantitative estimate of drug-likeness (QED) is 0.318. The zero-order valence-corrected chi connectivity index (χ0v) is 19.6. The number of methoxy groups -OCH3 is 1. The predicted octanol–water partition coefficient (Wildman–Crippen LogP) is 3.93. The van der Waals surface area contributed by atoms with Crippen LogP contribution in [0.25, 0.3) is 0 Å². The summed E-state index contributed by atoms with van der Waals surface area (Å²) >= 11 is 0. The first-order chi connectivity index (χ1) is 13.7. The lowest BCUT2D eigenvalue weighted by Crippen LogP contribution is -2.44. The number of hydrogen-bond acceptors (Lipinski definition) is 4. The molecule has 0 saturated carbocycles. The summed E-state index contributed by atoms with van der Waals surface area (Å²) in [7, 11) is 1.77.